The molecular weight excluding hydrogens is 304 g/mol. The zero-order valence-corrected chi connectivity index (χ0v) is 15.5. The summed E-state index contributed by atoms with van der Waals surface area (Å²) in [5, 5.41) is 0. The zero-order valence-electron chi connectivity index (χ0n) is 13.8. The number of rotatable bonds is 16. The van der Waals surface area contributed by atoms with Crippen molar-refractivity contribution >= 4 is 25.3 Å². The van der Waals surface area contributed by atoms with Gasteiger partial charge in [-0.1, -0.05) is 20.3 Å². The molecule has 3 nitrogen and oxygen atoms in total. The van der Waals surface area contributed by atoms with Crippen LogP contribution in [-0.4, -0.2) is 50.1 Å². The lowest BCUT2D eigenvalue weighted by molar-refractivity contribution is -0.0849. The van der Waals surface area contributed by atoms with Crippen LogP contribution in [0.2, 0.25) is 0 Å². The smallest absolute Gasteiger partial charge is 0.0858 e. The maximum absolute atomic E-state index is 6.00. The molecule has 5 heteroatoms. The predicted molar refractivity (Wildman–Crippen MR) is 97.1 cm³/mol. The van der Waals surface area contributed by atoms with Crippen molar-refractivity contribution in [3.05, 3.63) is 0 Å². The topological polar surface area (TPSA) is 27.7 Å². The minimum Gasteiger partial charge on any atom is -0.381 e. The van der Waals surface area contributed by atoms with E-state index >= 15 is 0 Å². The van der Waals surface area contributed by atoms with Gasteiger partial charge in [0.15, 0.2) is 0 Å². The molecule has 0 saturated carbocycles. The van der Waals surface area contributed by atoms with E-state index in [4.69, 9.17) is 14.2 Å². The normalized spacial score (nSPS) is 14.3. The van der Waals surface area contributed by atoms with Gasteiger partial charge >= 0.3 is 0 Å². The Balaban J connectivity index is 4.11. The molecule has 0 saturated heterocycles. The molecule has 0 radical (unpaired) electrons. The third-order valence-corrected chi connectivity index (χ3v) is 3.91. The second kappa shape index (κ2) is 16.9. The van der Waals surface area contributed by atoms with Crippen LogP contribution in [0.1, 0.15) is 52.4 Å². The predicted octanol–water partition coefficient (Wildman–Crippen LogP) is 4.01. The standard InChI is InChI=1S/C16H34O3S2/c1-3-5-9-17-12-8-16(19-11-7-14-21)15(4-2)18-10-6-13-20/h15-16,20-21H,3-14H2,1-2H3. The van der Waals surface area contributed by atoms with Gasteiger partial charge in [0.25, 0.3) is 0 Å². The molecule has 0 bridgehead atoms. The maximum atomic E-state index is 6.00. The molecule has 0 aromatic heterocycles. The number of unbranched alkanes of at least 4 members (excludes halogenated alkanes) is 1. The van der Waals surface area contributed by atoms with E-state index in [1.807, 2.05) is 0 Å². The second-order valence-electron chi connectivity index (χ2n) is 5.14. The monoisotopic (exact) mass is 338 g/mol. The van der Waals surface area contributed by atoms with Crippen molar-refractivity contribution in [3.8, 4) is 0 Å². The Bertz CT molecular complexity index is 206. The lowest BCUT2D eigenvalue weighted by Gasteiger charge is -2.27. The van der Waals surface area contributed by atoms with Gasteiger partial charge < -0.3 is 14.2 Å². The molecule has 0 amide bonds. The van der Waals surface area contributed by atoms with Gasteiger partial charge in [-0.05, 0) is 43.6 Å². The van der Waals surface area contributed by atoms with E-state index in [2.05, 4.69) is 39.1 Å². The Morgan fingerprint density at radius 2 is 1.38 bits per heavy atom. The van der Waals surface area contributed by atoms with Gasteiger partial charge in [-0.2, -0.15) is 25.3 Å². The van der Waals surface area contributed by atoms with Crippen molar-refractivity contribution in [3.63, 3.8) is 0 Å². The molecule has 0 aliphatic rings. The third-order valence-electron chi connectivity index (χ3n) is 3.27. The van der Waals surface area contributed by atoms with Gasteiger partial charge in [0, 0.05) is 26.4 Å². The highest BCUT2D eigenvalue weighted by Gasteiger charge is 2.21. The van der Waals surface area contributed by atoms with E-state index in [0.29, 0.717) is 0 Å². The van der Waals surface area contributed by atoms with Gasteiger partial charge in [-0.3, -0.25) is 0 Å². The molecule has 0 heterocycles. The van der Waals surface area contributed by atoms with Crippen LogP contribution in [0, 0.1) is 0 Å². The van der Waals surface area contributed by atoms with Gasteiger partial charge in [-0.25, -0.2) is 0 Å². The molecule has 21 heavy (non-hydrogen) atoms. The highest BCUT2D eigenvalue weighted by atomic mass is 32.1. The van der Waals surface area contributed by atoms with Crippen LogP contribution in [0.25, 0.3) is 0 Å². The van der Waals surface area contributed by atoms with Gasteiger partial charge in [0.05, 0.1) is 12.2 Å². The van der Waals surface area contributed by atoms with Crippen LogP contribution >= 0.6 is 25.3 Å². The first-order valence-electron chi connectivity index (χ1n) is 8.32. The number of hydrogen-bond acceptors (Lipinski definition) is 5. The van der Waals surface area contributed by atoms with Gasteiger partial charge in [0.1, 0.15) is 0 Å². The molecule has 128 valence electrons. The fourth-order valence-corrected chi connectivity index (χ4v) is 2.27. The summed E-state index contributed by atoms with van der Waals surface area (Å²) in [6.07, 6.45) is 6.39. The minimum absolute atomic E-state index is 0.122. The third kappa shape index (κ3) is 12.8. The van der Waals surface area contributed by atoms with Crippen LogP contribution in [0.4, 0.5) is 0 Å². The minimum atomic E-state index is 0.122. The largest absolute Gasteiger partial charge is 0.381 e. The number of hydrogen-bond donors (Lipinski definition) is 2. The highest BCUT2D eigenvalue weighted by molar-refractivity contribution is 7.80. The summed E-state index contributed by atoms with van der Waals surface area (Å²) in [6, 6.07) is 0. The van der Waals surface area contributed by atoms with Crippen LogP contribution in [0.5, 0.6) is 0 Å². The van der Waals surface area contributed by atoms with Crippen molar-refractivity contribution in [1.82, 2.24) is 0 Å². The number of ether oxygens (including phenoxy) is 3. The van der Waals surface area contributed by atoms with Gasteiger partial charge in [0.2, 0.25) is 0 Å². The van der Waals surface area contributed by atoms with Crippen LogP contribution < -0.4 is 0 Å². The Morgan fingerprint density at radius 1 is 0.762 bits per heavy atom. The lowest BCUT2D eigenvalue weighted by Crippen LogP contribution is -2.33. The average molecular weight is 339 g/mol. The summed E-state index contributed by atoms with van der Waals surface area (Å²) >= 11 is 8.45. The summed E-state index contributed by atoms with van der Waals surface area (Å²) in [7, 11) is 0. The first kappa shape index (κ1) is 21.6. The summed E-state index contributed by atoms with van der Waals surface area (Å²) in [6.45, 7) is 7.42. The summed E-state index contributed by atoms with van der Waals surface area (Å²) in [5.74, 6) is 1.72. The fraction of sp³-hybridized carbons (Fsp3) is 1.00. The van der Waals surface area contributed by atoms with E-state index in [9.17, 15) is 0 Å². The summed E-state index contributed by atoms with van der Waals surface area (Å²) < 4.78 is 17.6. The van der Waals surface area contributed by atoms with E-state index in [1.54, 1.807) is 0 Å². The molecule has 0 spiro atoms. The van der Waals surface area contributed by atoms with Crippen molar-refractivity contribution in [2.24, 2.45) is 0 Å². The fourth-order valence-electron chi connectivity index (χ4n) is 2.01. The van der Waals surface area contributed by atoms with Crippen LogP contribution in [0.15, 0.2) is 0 Å². The molecule has 0 aromatic carbocycles. The maximum Gasteiger partial charge on any atom is 0.0858 e. The quantitative estimate of drug-likeness (QED) is 0.329. The Hall–Kier alpha value is 0.580. The van der Waals surface area contributed by atoms with E-state index in [0.717, 1.165) is 70.0 Å². The van der Waals surface area contributed by atoms with Crippen molar-refractivity contribution in [2.45, 2.75) is 64.6 Å². The molecule has 0 N–H and O–H groups in total. The number of thiol groups is 2. The first-order chi connectivity index (χ1) is 10.3. The van der Waals surface area contributed by atoms with Crippen LogP contribution in [0.3, 0.4) is 0 Å². The van der Waals surface area contributed by atoms with Crippen molar-refractivity contribution in [2.75, 3.05) is 37.9 Å². The molecule has 2 unspecified atom stereocenters. The van der Waals surface area contributed by atoms with Crippen molar-refractivity contribution in [1.29, 1.82) is 0 Å². The highest BCUT2D eigenvalue weighted by Crippen LogP contribution is 2.14. The van der Waals surface area contributed by atoms with E-state index in [1.165, 1.54) is 6.42 Å². The Labute approximate surface area is 142 Å². The lowest BCUT2D eigenvalue weighted by atomic mass is 10.1. The molecular formula is C16H34O3S2. The summed E-state index contributed by atoms with van der Waals surface area (Å²) in [5.41, 5.74) is 0. The molecule has 0 aliphatic heterocycles. The van der Waals surface area contributed by atoms with E-state index in [-0.39, 0.29) is 12.2 Å². The SMILES string of the molecule is CCCCOCCC(OCCCS)C(CC)OCCCS. The molecule has 0 rings (SSSR count). The Kier molecular flexibility index (Phi) is 17.4. The van der Waals surface area contributed by atoms with Crippen LogP contribution in [-0.2, 0) is 14.2 Å². The second-order valence-corrected chi connectivity index (χ2v) is 6.03. The molecule has 0 fully saturated rings. The molecule has 2 atom stereocenters. The van der Waals surface area contributed by atoms with E-state index < -0.39 is 0 Å². The molecule has 0 aliphatic carbocycles. The van der Waals surface area contributed by atoms with Gasteiger partial charge in [-0.15, -0.1) is 0 Å². The first-order valence-corrected chi connectivity index (χ1v) is 9.59. The molecule has 0 aromatic rings. The zero-order chi connectivity index (χ0) is 15.8. The Morgan fingerprint density at radius 3 is 1.90 bits per heavy atom. The van der Waals surface area contributed by atoms with Crippen molar-refractivity contribution < 1.29 is 14.2 Å². The summed E-state index contributed by atoms with van der Waals surface area (Å²) in [4.78, 5) is 0. The average Bonchev–Trinajstić information content (AvgIpc) is 2.50.